The number of alkyl carbamates (subject to hydrolysis) is 1. The average molecular weight is 382 g/mol. The van der Waals surface area contributed by atoms with Gasteiger partial charge >= 0.3 is 6.09 Å². The van der Waals surface area contributed by atoms with E-state index >= 15 is 0 Å². The van der Waals surface area contributed by atoms with Crippen LogP contribution in [0.4, 0.5) is 4.79 Å². The fourth-order valence-electron chi connectivity index (χ4n) is 2.47. The smallest absolute Gasteiger partial charge is 0.407 e. The van der Waals surface area contributed by atoms with Crippen LogP contribution in [-0.2, 0) is 4.74 Å². The Balaban J connectivity index is 2.85. The lowest BCUT2D eigenvalue weighted by Crippen LogP contribution is -2.44. The number of amides is 2. The van der Waals surface area contributed by atoms with Crippen LogP contribution in [0.15, 0.2) is 12.1 Å². The van der Waals surface area contributed by atoms with Crippen molar-refractivity contribution in [3.8, 4) is 17.2 Å². The Morgan fingerprint density at radius 1 is 1.07 bits per heavy atom. The molecule has 152 valence electrons. The molecule has 1 atom stereocenters. The summed E-state index contributed by atoms with van der Waals surface area (Å²) in [6.07, 6.45) is -0.524. The molecule has 8 heteroatoms. The summed E-state index contributed by atoms with van der Waals surface area (Å²) in [7, 11) is 6.13. The summed E-state index contributed by atoms with van der Waals surface area (Å²) in [4.78, 5) is 26.1. The predicted octanol–water partition coefficient (Wildman–Crippen LogP) is 2.70. The molecule has 1 aromatic rings. The molecule has 1 N–H and O–H groups in total. The van der Waals surface area contributed by atoms with Crippen molar-refractivity contribution in [1.82, 2.24) is 10.2 Å². The molecule has 1 rings (SSSR count). The van der Waals surface area contributed by atoms with Crippen molar-refractivity contribution >= 4 is 12.0 Å². The Hall–Kier alpha value is -2.64. The third-order valence-corrected chi connectivity index (χ3v) is 3.57. The van der Waals surface area contributed by atoms with E-state index in [1.54, 1.807) is 46.9 Å². The van der Waals surface area contributed by atoms with Crippen molar-refractivity contribution < 1.29 is 28.5 Å². The van der Waals surface area contributed by atoms with Gasteiger partial charge in [0, 0.05) is 25.2 Å². The molecule has 0 aromatic heterocycles. The zero-order valence-corrected chi connectivity index (χ0v) is 17.3. The van der Waals surface area contributed by atoms with Crippen LogP contribution >= 0.6 is 0 Å². The van der Waals surface area contributed by atoms with Gasteiger partial charge in [-0.1, -0.05) is 0 Å². The molecule has 0 aliphatic rings. The Morgan fingerprint density at radius 2 is 1.59 bits per heavy atom. The van der Waals surface area contributed by atoms with Crippen molar-refractivity contribution in [1.29, 1.82) is 0 Å². The molecule has 0 bridgehead atoms. The van der Waals surface area contributed by atoms with E-state index < -0.39 is 11.7 Å². The second-order valence-corrected chi connectivity index (χ2v) is 7.15. The number of methoxy groups -OCH3 is 3. The topological polar surface area (TPSA) is 86.3 Å². The van der Waals surface area contributed by atoms with E-state index in [1.807, 2.05) is 0 Å². The fraction of sp³-hybridized carbons (Fsp3) is 0.579. The summed E-state index contributed by atoms with van der Waals surface area (Å²) in [6.45, 7) is 7.46. The van der Waals surface area contributed by atoms with E-state index in [0.29, 0.717) is 29.4 Å². The fourth-order valence-corrected chi connectivity index (χ4v) is 2.47. The number of rotatable bonds is 7. The molecule has 0 radical (unpaired) electrons. The van der Waals surface area contributed by atoms with Crippen molar-refractivity contribution in [3.63, 3.8) is 0 Å². The molecule has 0 saturated carbocycles. The van der Waals surface area contributed by atoms with Gasteiger partial charge in [0.2, 0.25) is 5.75 Å². The third kappa shape index (κ3) is 6.54. The predicted molar refractivity (Wildman–Crippen MR) is 102 cm³/mol. The van der Waals surface area contributed by atoms with Gasteiger partial charge in [0.05, 0.1) is 21.3 Å². The van der Waals surface area contributed by atoms with Crippen LogP contribution in [-0.4, -0.2) is 63.5 Å². The Kier molecular flexibility index (Phi) is 7.75. The maximum atomic E-state index is 12.8. The molecule has 0 spiro atoms. The largest absolute Gasteiger partial charge is 0.493 e. The van der Waals surface area contributed by atoms with E-state index in [9.17, 15) is 9.59 Å². The van der Waals surface area contributed by atoms with Gasteiger partial charge in [-0.15, -0.1) is 0 Å². The second kappa shape index (κ2) is 9.34. The first-order valence-corrected chi connectivity index (χ1v) is 8.57. The number of nitrogens with zero attached hydrogens (tertiary/aromatic N) is 1. The van der Waals surface area contributed by atoms with E-state index in [0.717, 1.165) is 0 Å². The SMILES string of the molecule is COc1cc(C(=O)N(C)C[C@H](C)NC(=O)OC(C)(C)C)cc(OC)c1OC. The van der Waals surface area contributed by atoms with Crippen LogP contribution in [0.2, 0.25) is 0 Å². The van der Waals surface area contributed by atoms with Gasteiger partial charge in [-0.2, -0.15) is 0 Å². The van der Waals surface area contributed by atoms with Gasteiger partial charge in [-0.05, 0) is 39.8 Å². The van der Waals surface area contributed by atoms with E-state index in [2.05, 4.69) is 5.32 Å². The first kappa shape index (κ1) is 22.4. The number of ether oxygens (including phenoxy) is 4. The highest BCUT2D eigenvalue weighted by Gasteiger charge is 2.22. The molecule has 1 aromatic carbocycles. The highest BCUT2D eigenvalue weighted by Crippen LogP contribution is 2.38. The quantitative estimate of drug-likeness (QED) is 0.780. The first-order chi connectivity index (χ1) is 12.5. The summed E-state index contributed by atoms with van der Waals surface area (Å²) in [5.41, 5.74) is -0.196. The van der Waals surface area contributed by atoms with Gasteiger partial charge in [-0.3, -0.25) is 4.79 Å². The number of likely N-dealkylation sites (N-methyl/N-ethyl adjacent to an activating group) is 1. The van der Waals surface area contributed by atoms with Gasteiger partial charge in [0.15, 0.2) is 11.5 Å². The minimum Gasteiger partial charge on any atom is -0.493 e. The molecule has 8 nitrogen and oxygen atoms in total. The standard InChI is InChI=1S/C19H30N2O6/c1-12(20-18(23)27-19(2,3)4)11-21(5)17(22)13-9-14(24-6)16(26-8)15(10-13)25-7/h9-10,12H,11H2,1-8H3,(H,20,23)/t12-/m0/s1. The van der Waals surface area contributed by atoms with Gasteiger partial charge < -0.3 is 29.2 Å². The van der Waals surface area contributed by atoms with Crippen LogP contribution in [0.25, 0.3) is 0 Å². The number of nitrogens with one attached hydrogen (secondary N) is 1. The van der Waals surface area contributed by atoms with Gasteiger partial charge in [0.25, 0.3) is 5.91 Å². The van der Waals surface area contributed by atoms with Crippen molar-refractivity contribution in [3.05, 3.63) is 17.7 Å². The lowest BCUT2D eigenvalue weighted by atomic mass is 10.1. The van der Waals surface area contributed by atoms with Crippen molar-refractivity contribution in [2.75, 3.05) is 34.9 Å². The van der Waals surface area contributed by atoms with Crippen LogP contribution in [0.3, 0.4) is 0 Å². The Bertz CT molecular complexity index is 644. The van der Waals surface area contributed by atoms with Crippen molar-refractivity contribution in [2.24, 2.45) is 0 Å². The molecule has 0 saturated heterocycles. The van der Waals surface area contributed by atoms with Crippen molar-refractivity contribution in [2.45, 2.75) is 39.3 Å². The summed E-state index contributed by atoms with van der Waals surface area (Å²) >= 11 is 0. The highest BCUT2D eigenvalue weighted by atomic mass is 16.6. The van der Waals surface area contributed by atoms with Crippen LogP contribution in [0.1, 0.15) is 38.1 Å². The van der Waals surface area contributed by atoms with Crippen LogP contribution in [0.5, 0.6) is 17.2 Å². The molecule has 0 unspecified atom stereocenters. The first-order valence-electron chi connectivity index (χ1n) is 8.57. The lowest BCUT2D eigenvalue weighted by molar-refractivity contribution is 0.0491. The third-order valence-electron chi connectivity index (χ3n) is 3.57. The Labute approximate surface area is 160 Å². The van der Waals surface area contributed by atoms with Gasteiger partial charge in [-0.25, -0.2) is 4.79 Å². The monoisotopic (exact) mass is 382 g/mol. The summed E-state index contributed by atoms with van der Waals surface area (Å²) in [6, 6.07) is 2.88. The molecule has 0 aliphatic heterocycles. The Morgan fingerprint density at radius 3 is 2.00 bits per heavy atom. The molecule has 0 heterocycles. The molecule has 2 amide bonds. The minimum absolute atomic E-state index is 0.243. The number of hydrogen-bond acceptors (Lipinski definition) is 6. The highest BCUT2D eigenvalue weighted by molar-refractivity contribution is 5.95. The summed E-state index contributed by atoms with van der Waals surface area (Å²) in [5.74, 6) is 0.966. The molecule has 27 heavy (non-hydrogen) atoms. The second-order valence-electron chi connectivity index (χ2n) is 7.15. The molecular formula is C19H30N2O6. The maximum Gasteiger partial charge on any atom is 0.407 e. The number of carbonyl (C=O) groups excluding carboxylic acids is 2. The van der Waals surface area contributed by atoms with E-state index in [-0.39, 0.29) is 11.9 Å². The zero-order chi connectivity index (χ0) is 20.8. The zero-order valence-electron chi connectivity index (χ0n) is 17.3. The normalized spacial score (nSPS) is 12.0. The minimum atomic E-state index is -0.582. The molecular weight excluding hydrogens is 352 g/mol. The van der Waals surface area contributed by atoms with Crippen LogP contribution in [0, 0.1) is 0 Å². The van der Waals surface area contributed by atoms with Gasteiger partial charge in [0.1, 0.15) is 5.60 Å². The summed E-state index contributed by atoms with van der Waals surface area (Å²) < 4.78 is 21.0. The number of hydrogen-bond donors (Lipinski definition) is 1. The van der Waals surface area contributed by atoms with Crippen LogP contribution < -0.4 is 19.5 Å². The molecule has 0 aliphatic carbocycles. The average Bonchev–Trinajstić information content (AvgIpc) is 2.57. The number of benzene rings is 1. The van der Waals surface area contributed by atoms with E-state index in [4.69, 9.17) is 18.9 Å². The molecule has 0 fully saturated rings. The van der Waals surface area contributed by atoms with E-state index in [1.165, 1.54) is 26.2 Å². The lowest BCUT2D eigenvalue weighted by Gasteiger charge is -2.25. The number of carbonyl (C=O) groups is 2. The summed E-state index contributed by atoms with van der Waals surface area (Å²) in [5, 5.41) is 2.71. The maximum absolute atomic E-state index is 12.8.